The summed E-state index contributed by atoms with van der Waals surface area (Å²) in [7, 11) is 0. The molecule has 1 atom stereocenters. The van der Waals surface area contributed by atoms with Crippen LogP contribution in [0.4, 0.5) is 0 Å². The fourth-order valence-corrected chi connectivity index (χ4v) is 2.26. The molecule has 3 nitrogen and oxygen atoms in total. The lowest BCUT2D eigenvalue weighted by Crippen LogP contribution is -2.27. The Morgan fingerprint density at radius 1 is 1.10 bits per heavy atom. The summed E-state index contributed by atoms with van der Waals surface area (Å²) in [5.41, 5.74) is 1.34. The summed E-state index contributed by atoms with van der Waals surface area (Å²) in [5.74, 6) is -0.132. The first kappa shape index (κ1) is 14.7. The van der Waals surface area contributed by atoms with Crippen LogP contribution in [0.25, 0.3) is 0 Å². The standard InChI is InChI=1S/C15H13Cl2NO2/c1-9(19)18-15(10-2-4-11(16)5-3-10)13-8-12(17)6-7-14(13)20/h2-8,15,20H,1H3,(H,18,19). The average molecular weight is 310 g/mol. The van der Waals surface area contributed by atoms with Crippen LogP contribution < -0.4 is 5.32 Å². The second kappa shape index (κ2) is 6.16. The molecule has 0 saturated carbocycles. The number of phenolic OH excluding ortho intramolecular Hbond substituents is 1. The number of hydrogen-bond donors (Lipinski definition) is 2. The highest BCUT2D eigenvalue weighted by atomic mass is 35.5. The first-order valence-electron chi connectivity index (χ1n) is 5.98. The van der Waals surface area contributed by atoms with Gasteiger partial charge in [0, 0.05) is 22.5 Å². The van der Waals surface area contributed by atoms with Gasteiger partial charge >= 0.3 is 0 Å². The number of carbonyl (C=O) groups is 1. The van der Waals surface area contributed by atoms with Gasteiger partial charge in [-0.1, -0.05) is 35.3 Å². The molecule has 2 aromatic carbocycles. The van der Waals surface area contributed by atoms with Gasteiger partial charge in [-0.25, -0.2) is 0 Å². The summed E-state index contributed by atoms with van der Waals surface area (Å²) in [6, 6.07) is 11.3. The largest absolute Gasteiger partial charge is 0.508 e. The Hall–Kier alpha value is -1.71. The van der Waals surface area contributed by atoms with E-state index in [2.05, 4.69) is 5.32 Å². The highest BCUT2D eigenvalue weighted by Crippen LogP contribution is 2.32. The van der Waals surface area contributed by atoms with Gasteiger partial charge in [0.2, 0.25) is 5.91 Å². The monoisotopic (exact) mass is 309 g/mol. The van der Waals surface area contributed by atoms with Gasteiger partial charge in [-0.2, -0.15) is 0 Å². The third-order valence-corrected chi connectivity index (χ3v) is 3.34. The third-order valence-electron chi connectivity index (χ3n) is 2.85. The zero-order chi connectivity index (χ0) is 14.7. The molecule has 5 heteroatoms. The molecule has 0 aliphatic carbocycles. The lowest BCUT2D eigenvalue weighted by atomic mass is 9.98. The molecule has 0 heterocycles. The molecule has 0 spiro atoms. The molecule has 0 bridgehead atoms. The van der Waals surface area contributed by atoms with E-state index in [0.717, 1.165) is 5.56 Å². The number of nitrogens with one attached hydrogen (secondary N) is 1. The Labute approximate surface area is 127 Å². The molecule has 2 rings (SSSR count). The van der Waals surface area contributed by atoms with Crippen LogP contribution in [-0.2, 0) is 4.79 Å². The number of amides is 1. The molecular weight excluding hydrogens is 297 g/mol. The van der Waals surface area contributed by atoms with E-state index in [1.807, 2.05) is 0 Å². The average Bonchev–Trinajstić information content (AvgIpc) is 2.40. The topological polar surface area (TPSA) is 49.3 Å². The van der Waals surface area contributed by atoms with Gasteiger partial charge in [-0.05, 0) is 35.9 Å². The number of rotatable bonds is 3. The van der Waals surface area contributed by atoms with E-state index < -0.39 is 6.04 Å². The number of benzene rings is 2. The van der Waals surface area contributed by atoms with Gasteiger partial charge < -0.3 is 10.4 Å². The Morgan fingerprint density at radius 3 is 2.30 bits per heavy atom. The van der Waals surface area contributed by atoms with Crippen molar-refractivity contribution in [3.63, 3.8) is 0 Å². The summed E-state index contributed by atoms with van der Waals surface area (Å²) in [6.07, 6.45) is 0. The number of halogens is 2. The summed E-state index contributed by atoms with van der Waals surface area (Å²) in [4.78, 5) is 11.4. The fourth-order valence-electron chi connectivity index (χ4n) is 1.96. The summed E-state index contributed by atoms with van der Waals surface area (Å²) < 4.78 is 0. The van der Waals surface area contributed by atoms with Crippen molar-refractivity contribution in [3.05, 3.63) is 63.6 Å². The van der Waals surface area contributed by atoms with Gasteiger partial charge in [0.1, 0.15) is 5.75 Å². The minimum atomic E-state index is -0.483. The third kappa shape index (κ3) is 3.44. The molecule has 2 aromatic rings. The van der Waals surface area contributed by atoms with Crippen LogP contribution in [0.3, 0.4) is 0 Å². The maximum absolute atomic E-state index is 11.4. The van der Waals surface area contributed by atoms with Crippen molar-refractivity contribution in [2.75, 3.05) is 0 Å². The molecule has 2 N–H and O–H groups in total. The lowest BCUT2D eigenvalue weighted by molar-refractivity contribution is -0.119. The first-order valence-corrected chi connectivity index (χ1v) is 6.74. The van der Waals surface area contributed by atoms with Gasteiger partial charge in [-0.3, -0.25) is 4.79 Å². The Morgan fingerprint density at radius 2 is 1.70 bits per heavy atom. The number of hydrogen-bond acceptors (Lipinski definition) is 2. The number of phenols is 1. The molecule has 0 aliphatic heterocycles. The van der Waals surface area contributed by atoms with Crippen molar-refractivity contribution in [1.29, 1.82) is 0 Å². The highest BCUT2D eigenvalue weighted by Gasteiger charge is 2.19. The molecule has 0 saturated heterocycles. The zero-order valence-corrected chi connectivity index (χ0v) is 12.2. The predicted molar refractivity (Wildman–Crippen MR) is 80.2 cm³/mol. The van der Waals surface area contributed by atoms with Crippen LogP contribution in [0.2, 0.25) is 10.0 Å². The predicted octanol–water partition coefficient (Wildman–Crippen LogP) is 3.92. The van der Waals surface area contributed by atoms with E-state index in [0.29, 0.717) is 15.6 Å². The van der Waals surface area contributed by atoms with Crippen LogP contribution >= 0.6 is 23.2 Å². The second-order valence-corrected chi connectivity index (χ2v) is 5.26. The molecule has 20 heavy (non-hydrogen) atoms. The van der Waals surface area contributed by atoms with Gasteiger partial charge in [0.05, 0.1) is 6.04 Å². The first-order chi connectivity index (χ1) is 9.47. The molecule has 0 aliphatic rings. The SMILES string of the molecule is CC(=O)NC(c1ccc(Cl)cc1)c1cc(Cl)ccc1O. The van der Waals surface area contributed by atoms with E-state index in [1.165, 1.54) is 13.0 Å². The van der Waals surface area contributed by atoms with E-state index in [4.69, 9.17) is 23.2 Å². The summed E-state index contributed by atoms with van der Waals surface area (Å²) in [5, 5.41) is 13.9. The minimum absolute atomic E-state index is 0.0723. The van der Waals surface area contributed by atoms with Crippen molar-refractivity contribution in [1.82, 2.24) is 5.32 Å². The maximum atomic E-state index is 11.4. The van der Waals surface area contributed by atoms with E-state index in [-0.39, 0.29) is 11.7 Å². The summed E-state index contributed by atoms with van der Waals surface area (Å²) in [6.45, 7) is 1.42. The van der Waals surface area contributed by atoms with Gasteiger partial charge in [0.25, 0.3) is 0 Å². The van der Waals surface area contributed by atoms with Crippen molar-refractivity contribution in [2.45, 2.75) is 13.0 Å². The van der Waals surface area contributed by atoms with E-state index in [9.17, 15) is 9.90 Å². The Bertz CT molecular complexity index is 626. The molecular formula is C15H13Cl2NO2. The number of aromatic hydroxyl groups is 1. The van der Waals surface area contributed by atoms with E-state index in [1.54, 1.807) is 36.4 Å². The van der Waals surface area contributed by atoms with Crippen LogP contribution in [-0.4, -0.2) is 11.0 Å². The highest BCUT2D eigenvalue weighted by molar-refractivity contribution is 6.31. The van der Waals surface area contributed by atoms with Crippen LogP contribution in [0.5, 0.6) is 5.75 Å². The Kier molecular flexibility index (Phi) is 4.53. The van der Waals surface area contributed by atoms with Crippen molar-refractivity contribution >= 4 is 29.1 Å². The quantitative estimate of drug-likeness (QED) is 0.902. The molecule has 1 unspecified atom stereocenters. The normalized spacial score (nSPS) is 11.9. The zero-order valence-electron chi connectivity index (χ0n) is 10.7. The fraction of sp³-hybridized carbons (Fsp3) is 0.133. The molecule has 1 amide bonds. The maximum Gasteiger partial charge on any atom is 0.217 e. The second-order valence-electron chi connectivity index (χ2n) is 4.39. The van der Waals surface area contributed by atoms with Gasteiger partial charge in [-0.15, -0.1) is 0 Å². The molecule has 0 fully saturated rings. The van der Waals surface area contributed by atoms with Crippen molar-refractivity contribution in [3.8, 4) is 5.75 Å². The minimum Gasteiger partial charge on any atom is -0.508 e. The van der Waals surface area contributed by atoms with Crippen molar-refractivity contribution < 1.29 is 9.90 Å². The molecule has 0 aromatic heterocycles. The van der Waals surface area contributed by atoms with Crippen LogP contribution in [0.15, 0.2) is 42.5 Å². The lowest BCUT2D eigenvalue weighted by Gasteiger charge is -2.20. The number of carbonyl (C=O) groups excluding carboxylic acids is 1. The van der Waals surface area contributed by atoms with E-state index >= 15 is 0 Å². The van der Waals surface area contributed by atoms with Gasteiger partial charge in [0.15, 0.2) is 0 Å². The summed E-state index contributed by atoms with van der Waals surface area (Å²) >= 11 is 11.8. The van der Waals surface area contributed by atoms with Crippen LogP contribution in [0, 0.1) is 0 Å². The van der Waals surface area contributed by atoms with Crippen molar-refractivity contribution in [2.24, 2.45) is 0 Å². The molecule has 104 valence electrons. The smallest absolute Gasteiger partial charge is 0.217 e. The Balaban J connectivity index is 2.49. The van der Waals surface area contributed by atoms with Crippen LogP contribution in [0.1, 0.15) is 24.1 Å². The molecule has 0 radical (unpaired) electrons.